The van der Waals surface area contributed by atoms with Crippen LogP contribution < -0.4 is 5.32 Å². The van der Waals surface area contributed by atoms with Crippen molar-refractivity contribution in [1.29, 1.82) is 0 Å². The molecule has 2 heterocycles. The topological polar surface area (TPSA) is 18.5 Å². The highest BCUT2D eigenvalue weighted by Gasteiger charge is 2.32. The van der Waals surface area contributed by atoms with Gasteiger partial charge in [0.1, 0.15) is 0 Å². The number of piperidine rings is 1. The van der Waals surface area contributed by atoms with Crippen LogP contribution in [-0.2, 0) is 0 Å². The van der Waals surface area contributed by atoms with Gasteiger partial charge in [0, 0.05) is 25.2 Å². The van der Waals surface area contributed by atoms with Crippen LogP contribution in [0.15, 0.2) is 0 Å². The van der Waals surface area contributed by atoms with Crippen molar-refractivity contribution in [2.24, 2.45) is 5.41 Å². The molecule has 0 aromatic rings. The van der Waals surface area contributed by atoms with E-state index in [4.69, 9.17) is 0 Å². The first-order valence-corrected chi connectivity index (χ1v) is 8.14. The molecule has 0 spiro atoms. The molecule has 3 nitrogen and oxygen atoms in total. The summed E-state index contributed by atoms with van der Waals surface area (Å²) in [6.07, 6.45) is 5.65. The lowest BCUT2D eigenvalue weighted by molar-refractivity contribution is 0.151. The van der Waals surface area contributed by atoms with E-state index < -0.39 is 0 Å². The van der Waals surface area contributed by atoms with Crippen LogP contribution in [0.1, 0.15) is 46.5 Å². The molecule has 0 aromatic carbocycles. The second kappa shape index (κ2) is 6.55. The smallest absolute Gasteiger partial charge is 0.0240 e. The summed E-state index contributed by atoms with van der Waals surface area (Å²) in [4.78, 5) is 5.42. The summed E-state index contributed by atoms with van der Waals surface area (Å²) in [6.45, 7) is 13.5. The number of likely N-dealkylation sites (tertiary alicyclic amines) is 2. The van der Waals surface area contributed by atoms with E-state index >= 15 is 0 Å². The molecule has 2 unspecified atom stereocenters. The Morgan fingerprint density at radius 3 is 2.37 bits per heavy atom. The lowest BCUT2D eigenvalue weighted by Crippen LogP contribution is -2.47. The minimum Gasteiger partial charge on any atom is -0.315 e. The van der Waals surface area contributed by atoms with Crippen molar-refractivity contribution in [2.75, 3.05) is 39.8 Å². The molecule has 0 aliphatic carbocycles. The molecule has 0 amide bonds. The summed E-state index contributed by atoms with van der Waals surface area (Å²) in [7, 11) is 2.11. The molecular weight excluding hydrogens is 234 g/mol. The molecule has 112 valence electrons. The summed E-state index contributed by atoms with van der Waals surface area (Å²) in [5.74, 6) is 0. The second-order valence-corrected chi connectivity index (χ2v) is 7.51. The molecule has 0 bridgehead atoms. The Morgan fingerprint density at radius 2 is 1.79 bits per heavy atom. The second-order valence-electron chi connectivity index (χ2n) is 7.51. The number of hydrogen-bond donors (Lipinski definition) is 1. The molecule has 2 aliphatic heterocycles. The zero-order chi connectivity index (χ0) is 13.9. The van der Waals surface area contributed by atoms with Crippen LogP contribution >= 0.6 is 0 Å². The van der Waals surface area contributed by atoms with Crippen molar-refractivity contribution in [3.05, 3.63) is 0 Å². The largest absolute Gasteiger partial charge is 0.315 e. The molecule has 19 heavy (non-hydrogen) atoms. The van der Waals surface area contributed by atoms with Crippen LogP contribution in [0.5, 0.6) is 0 Å². The minimum atomic E-state index is 0.345. The molecule has 2 fully saturated rings. The Morgan fingerprint density at radius 1 is 1.11 bits per heavy atom. The molecule has 0 aromatic heterocycles. The fourth-order valence-electron chi connectivity index (χ4n) is 3.62. The molecule has 2 rings (SSSR count). The van der Waals surface area contributed by atoms with Crippen molar-refractivity contribution in [3.8, 4) is 0 Å². The molecule has 2 saturated heterocycles. The average molecular weight is 267 g/mol. The molecule has 0 radical (unpaired) electrons. The van der Waals surface area contributed by atoms with Crippen LogP contribution in [0.25, 0.3) is 0 Å². The molecule has 0 saturated carbocycles. The standard InChI is InChI=1S/C16H33N3/c1-16(2,3)15(17-4)13-18-11-8-14(12-18)19-9-6-5-7-10-19/h14-15,17H,5-13H2,1-4H3. The van der Waals surface area contributed by atoms with Gasteiger partial charge in [-0.2, -0.15) is 0 Å². The van der Waals surface area contributed by atoms with Gasteiger partial charge in [0.25, 0.3) is 0 Å². The van der Waals surface area contributed by atoms with E-state index in [1.165, 1.54) is 58.4 Å². The monoisotopic (exact) mass is 267 g/mol. The van der Waals surface area contributed by atoms with E-state index in [9.17, 15) is 0 Å². The van der Waals surface area contributed by atoms with Gasteiger partial charge in [0.2, 0.25) is 0 Å². The lowest BCUT2D eigenvalue weighted by Gasteiger charge is -2.35. The van der Waals surface area contributed by atoms with E-state index in [1.54, 1.807) is 0 Å². The van der Waals surface area contributed by atoms with Gasteiger partial charge in [0.05, 0.1) is 0 Å². The van der Waals surface area contributed by atoms with E-state index in [0.717, 1.165) is 6.04 Å². The summed E-state index contributed by atoms with van der Waals surface area (Å²) >= 11 is 0. The van der Waals surface area contributed by atoms with E-state index in [-0.39, 0.29) is 0 Å². The Bertz CT molecular complexity index is 266. The van der Waals surface area contributed by atoms with Crippen molar-refractivity contribution in [1.82, 2.24) is 15.1 Å². The molecule has 3 heteroatoms. The van der Waals surface area contributed by atoms with Crippen LogP contribution in [0, 0.1) is 5.41 Å². The molecular formula is C16H33N3. The zero-order valence-electron chi connectivity index (χ0n) is 13.4. The Hall–Kier alpha value is -0.120. The lowest BCUT2D eigenvalue weighted by atomic mass is 9.86. The fourth-order valence-corrected chi connectivity index (χ4v) is 3.62. The zero-order valence-corrected chi connectivity index (χ0v) is 13.4. The first-order chi connectivity index (χ1) is 9.00. The predicted octanol–water partition coefficient (Wildman–Crippen LogP) is 2.18. The Balaban J connectivity index is 1.81. The SMILES string of the molecule is CNC(CN1CCC(N2CCCCC2)C1)C(C)(C)C. The van der Waals surface area contributed by atoms with Crippen LogP contribution in [0.3, 0.4) is 0 Å². The van der Waals surface area contributed by atoms with Crippen LogP contribution in [-0.4, -0.2) is 61.7 Å². The first-order valence-electron chi connectivity index (χ1n) is 8.14. The van der Waals surface area contributed by atoms with Gasteiger partial charge in [-0.1, -0.05) is 27.2 Å². The van der Waals surface area contributed by atoms with Gasteiger partial charge >= 0.3 is 0 Å². The highest BCUT2D eigenvalue weighted by molar-refractivity contribution is 4.89. The molecule has 1 N–H and O–H groups in total. The summed E-state index contributed by atoms with van der Waals surface area (Å²) < 4.78 is 0. The number of hydrogen-bond acceptors (Lipinski definition) is 3. The maximum atomic E-state index is 3.51. The Kier molecular flexibility index (Phi) is 5.27. The van der Waals surface area contributed by atoms with Crippen LogP contribution in [0.2, 0.25) is 0 Å². The number of nitrogens with zero attached hydrogens (tertiary/aromatic N) is 2. The van der Waals surface area contributed by atoms with Gasteiger partial charge in [0.15, 0.2) is 0 Å². The fraction of sp³-hybridized carbons (Fsp3) is 1.00. The number of rotatable bonds is 4. The van der Waals surface area contributed by atoms with Gasteiger partial charge in [-0.15, -0.1) is 0 Å². The third-order valence-corrected chi connectivity index (χ3v) is 4.99. The normalized spacial score (nSPS) is 28.7. The summed E-state index contributed by atoms with van der Waals surface area (Å²) in [5, 5.41) is 3.51. The van der Waals surface area contributed by atoms with Gasteiger partial charge in [-0.05, 0) is 51.4 Å². The number of nitrogens with one attached hydrogen (secondary N) is 1. The van der Waals surface area contributed by atoms with Crippen molar-refractivity contribution in [3.63, 3.8) is 0 Å². The van der Waals surface area contributed by atoms with Gasteiger partial charge in [-0.3, -0.25) is 4.90 Å². The maximum Gasteiger partial charge on any atom is 0.0240 e. The predicted molar refractivity (Wildman–Crippen MR) is 82.6 cm³/mol. The average Bonchev–Trinajstić information content (AvgIpc) is 2.84. The summed E-state index contributed by atoms with van der Waals surface area (Å²) in [6, 6.07) is 1.42. The van der Waals surface area contributed by atoms with E-state index in [1.807, 2.05) is 0 Å². The van der Waals surface area contributed by atoms with E-state index in [0.29, 0.717) is 11.5 Å². The third-order valence-electron chi connectivity index (χ3n) is 4.99. The van der Waals surface area contributed by atoms with E-state index in [2.05, 4.69) is 42.9 Å². The molecule has 2 aliphatic rings. The highest BCUT2D eigenvalue weighted by atomic mass is 15.3. The third kappa shape index (κ3) is 4.17. The molecule has 2 atom stereocenters. The van der Waals surface area contributed by atoms with Crippen molar-refractivity contribution in [2.45, 2.75) is 58.5 Å². The first kappa shape index (κ1) is 15.3. The highest BCUT2D eigenvalue weighted by Crippen LogP contribution is 2.24. The van der Waals surface area contributed by atoms with Crippen LogP contribution in [0.4, 0.5) is 0 Å². The summed E-state index contributed by atoms with van der Waals surface area (Å²) in [5.41, 5.74) is 0.345. The number of likely N-dealkylation sites (N-methyl/N-ethyl adjacent to an activating group) is 1. The maximum absolute atomic E-state index is 3.51. The van der Waals surface area contributed by atoms with Crippen molar-refractivity contribution < 1.29 is 0 Å². The van der Waals surface area contributed by atoms with Crippen molar-refractivity contribution >= 4 is 0 Å². The minimum absolute atomic E-state index is 0.345. The Labute approximate surface area is 119 Å². The van der Waals surface area contributed by atoms with Gasteiger partial charge in [-0.25, -0.2) is 0 Å². The quantitative estimate of drug-likeness (QED) is 0.842. The van der Waals surface area contributed by atoms with Gasteiger partial charge < -0.3 is 10.2 Å².